The van der Waals surface area contributed by atoms with Gasteiger partial charge in [0.25, 0.3) is 0 Å². The molecule has 6 heteroatoms. The van der Waals surface area contributed by atoms with Gasteiger partial charge in [-0.3, -0.25) is 4.79 Å². The summed E-state index contributed by atoms with van der Waals surface area (Å²) in [6.45, 7) is 4.32. The van der Waals surface area contributed by atoms with Crippen molar-refractivity contribution in [2.24, 2.45) is 5.92 Å². The maximum Gasteiger partial charge on any atom is 0.319 e. The molecule has 154 valence electrons. The molecule has 0 aromatic heterocycles. The Balaban J connectivity index is 1.43. The third kappa shape index (κ3) is 5.04. The van der Waals surface area contributed by atoms with Crippen LogP contribution in [0.2, 0.25) is 0 Å². The molecule has 3 rings (SSSR count). The number of likely N-dealkylation sites (tertiary alicyclic amines) is 2. The fourth-order valence-corrected chi connectivity index (χ4v) is 4.46. The Hall–Kier alpha value is -2.08. The Morgan fingerprint density at radius 1 is 0.929 bits per heavy atom. The molecule has 2 aliphatic rings. The van der Waals surface area contributed by atoms with Crippen LogP contribution in [0.25, 0.3) is 0 Å². The number of hydrogen-bond acceptors (Lipinski definition) is 3. The molecule has 6 nitrogen and oxygen atoms in total. The van der Waals surface area contributed by atoms with Crippen molar-refractivity contribution in [3.05, 3.63) is 35.9 Å². The van der Waals surface area contributed by atoms with Crippen LogP contribution in [-0.2, 0) is 11.3 Å². The highest BCUT2D eigenvalue weighted by Gasteiger charge is 2.32. The third-order valence-corrected chi connectivity index (χ3v) is 6.15. The lowest BCUT2D eigenvalue weighted by Gasteiger charge is -2.42. The predicted octanol–water partition coefficient (Wildman–Crippen LogP) is 2.50. The lowest BCUT2D eigenvalue weighted by Crippen LogP contribution is -2.51. The molecule has 2 fully saturated rings. The van der Waals surface area contributed by atoms with Crippen LogP contribution in [0, 0.1) is 5.92 Å². The van der Waals surface area contributed by atoms with E-state index in [0.717, 1.165) is 51.9 Å². The quantitative estimate of drug-likeness (QED) is 0.799. The zero-order chi connectivity index (χ0) is 20.1. The van der Waals surface area contributed by atoms with E-state index in [0.29, 0.717) is 12.6 Å². The van der Waals surface area contributed by atoms with Gasteiger partial charge in [-0.05, 0) is 44.3 Å². The van der Waals surface area contributed by atoms with E-state index >= 15 is 0 Å². The molecule has 3 amide bonds. The van der Waals surface area contributed by atoms with Gasteiger partial charge in [0, 0.05) is 52.7 Å². The zero-order valence-corrected chi connectivity index (χ0v) is 17.5. The van der Waals surface area contributed by atoms with Crippen LogP contribution in [-0.4, -0.2) is 84.9 Å². The van der Waals surface area contributed by atoms with Crippen LogP contribution in [0.15, 0.2) is 30.3 Å². The lowest BCUT2D eigenvalue weighted by molar-refractivity contribution is -0.136. The summed E-state index contributed by atoms with van der Waals surface area (Å²) in [5.41, 5.74) is 1.18. The van der Waals surface area contributed by atoms with Crippen molar-refractivity contribution in [2.45, 2.75) is 38.3 Å². The number of piperidine rings is 2. The molecule has 2 saturated heterocycles. The summed E-state index contributed by atoms with van der Waals surface area (Å²) in [5.74, 6) is 0.412. The van der Waals surface area contributed by atoms with E-state index in [1.807, 2.05) is 49.1 Å². The highest BCUT2D eigenvalue weighted by atomic mass is 16.2. The van der Waals surface area contributed by atoms with Crippen LogP contribution in [0.3, 0.4) is 0 Å². The summed E-state index contributed by atoms with van der Waals surface area (Å²) < 4.78 is 0. The van der Waals surface area contributed by atoms with Gasteiger partial charge in [-0.15, -0.1) is 0 Å². The first-order valence-electron chi connectivity index (χ1n) is 10.4. The highest BCUT2D eigenvalue weighted by Crippen LogP contribution is 2.25. The van der Waals surface area contributed by atoms with Crippen molar-refractivity contribution < 1.29 is 9.59 Å². The molecule has 0 radical (unpaired) electrons. The SMILES string of the molecule is CN(C)C(=O)N1CCC(N2CCC(C(=O)N(C)Cc3ccccc3)CC2)CC1. The van der Waals surface area contributed by atoms with Gasteiger partial charge in [-0.25, -0.2) is 4.79 Å². The van der Waals surface area contributed by atoms with Crippen LogP contribution in [0.1, 0.15) is 31.2 Å². The molecule has 28 heavy (non-hydrogen) atoms. The van der Waals surface area contributed by atoms with E-state index in [1.54, 1.807) is 4.90 Å². The minimum atomic E-state index is 0.115. The molecule has 2 aliphatic heterocycles. The molecule has 0 bridgehead atoms. The topological polar surface area (TPSA) is 47.1 Å². The molecule has 0 saturated carbocycles. The minimum absolute atomic E-state index is 0.115. The van der Waals surface area contributed by atoms with Crippen LogP contribution in [0.4, 0.5) is 4.79 Å². The van der Waals surface area contributed by atoms with Gasteiger partial charge in [0.1, 0.15) is 0 Å². The fourth-order valence-electron chi connectivity index (χ4n) is 4.46. The standard InChI is InChI=1S/C22H34N4O2/c1-23(2)22(28)26-15-11-20(12-16-26)25-13-9-19(10-14-25)21(27)24(3)17-18-7-5-4-6-8-18/h4-8,19-20H,9-17H2,1-3H3. The maximum absolute atomic E-state index is 12.8. The van der Waals surface area contributed by atoms with E-state index < -0.39 is 0 Å². The van der Waals surface area contributed by atoms with Gasteiger partial charge in [0.15, 0.2) is 0 Å². The number of urea groups is 1. The van der Waals surface area contributed by atoms with Gasteiger partial charge >= 0.3 is 6.03 Å². The molecule has 1 aromatic carbocycles. The average molecular weight is 387 g/mol. The Kier molecular flexibility index (Phi) is 6.94. The number of hydrogen-bond donors (Lipinski definition) is 0. The Morgan fingerprint density at radius 3 is 2.11 bits per heavy atom. The predicted molar refractivity (Wildman–Crippen MR) is 111 cm³/mol. The summed E-state index contributed by atoms with van der Waals surface area (Å²) in [5, 5.41) is 0. The molecule has 0 unspecified atom stereocenters. The maximum atomic E-state index is 12.8. The largest absolute Gasteiger partial charge is 0.341 e. The highest BCUT2D eigenvalue weighted by molar-refractivity contribution is 5.78. The average Bonchev–Trinajstić information content (AvgIpc) is 2.73. The van der Waals surface area contributed by atoms with Crippen LogP contribution < -0.4 is 0 Å². The number of rotatable bonds is 4. The van der Waals surface area contributed by atoms with Gasteiger partial charge in [-0.1, -0.05) is 30.3 Å². The second kappa shape index (κ2) is 9.41. The Bertz CT molecular complexity index is 648. The number of carbonyl (C=O) groups is 2. The number of benzene rings is 1. The summed E-state index contributed by atoms with van der Waals surface area (Å²) in [6, 6.07) is 10.8. The molecular weight excluding hydrogens is 352 g/mol. The number of carbonyl (C=O) groups excluding carboxylic acids is 2. The summed E-state index contributed by atoms with van der Waals surface area (Å²) in [4.78, 5) is 32.9. The molecular formula is C22H34N4O2. The first-order valence-corrected chi connectivity index (χ1v) is 10.4. The van der Waals surface area contributed by atoms with Crippen molar-refractivity contribution in [1.82, 2.24) is 19.6 Å². The Morgan fingerprint density at radius 2 is 1.54 bits per heavy atom. The van der Waals surface area contributed by atoms with Gasteiger partial charge in [0.05, 0.1) is 0 Å². The minimum Gasteiger partial charge on any atom is -0.341 e. The van der Waals surface area contributed by atoms with Gasteiger partial charge in [0.2, 0.25) is 5.91 Å². The first-order chi connectivity index (χ1) is 13.5. The van der Waals surface area contributed by atoms with Gasteiger partial charge in [-0.2, -0.15) is 0 Å². The van der Waals surface area contributed by atoms with E-state index in [1.165, 1.54) is 5.56 Å². The second-order valence-electron chi connectivity index (χ2n) is 8.39. The molecule has 0 atom stereocenters. The van der Waals surface area contributed by atoms with E-state index in [-0.39, 0.29) is 17.9 Å². The molecule has 0 spiro atoms. The van der Waals surface area contributed by atoms with E-state index in [2.05, 4.69) is 17.0 Å². The zero-order valence-electron chi connectivity index (χ0n) is 17.5. The lowest BCUT2D eigenvalue weighted by atomic mass is 9.92. The monoisotopic (exact) mass is 386 g/mol. The van der Waals surface area contributed by atoms with Crippen LogP contribution >= 0.6 is 0 Å². The van der Waals surface area contributed by atoms with Crippen molar-refractivity contribution in [3.8, 4) is 0 Å². The third-order valence-electron chi connectivity index (χ3n) is 6.15. The molecule has 1 aromatic rings. The summed E-state index contributed by atoms with van der Waals surface area (Å²) >= 11 is 0. The van der Waals surface area contributed by atoms with Gasteiger partial charge < -0.3 is 19.6 Å². The van der Waals surface area contributed by atoms with Crippen molar-refractivity contribution in [2.75, 3.05) is 47.3 Å². The van der Waals surface area contributed by atoms with Crippen LogP contribution in [0.5, 0.6) is 0 Å². The molecule has 2 heterocycles. The van der Waals surface area contributed by atoms with E-state index in [4.69, 9.17) is 0 Å². The summed E-state index contributed by atoms with van der Waals surface area (Å²) in [6.07, 6.45) is 3.95. The number of amides is 3. The molecule has 0 aliphatic carbocycles. The fraction of sp³-hybridized carbons (Fsp3) is 0.636. The second-order valence-corrected chi connectivity index (χ2v) is 8.39. The normalized spacial score (nSPS) is 19.5. The summed E-state index contributed by atoms with van der Waals surface area (Å²) in [7, 11) is 5.54. The first kappa shape index (κ1) is 20.6. The van der Waals surface area contributed by atoms with E-state index in [9.17, 15) is 9.59 Å². The molecule has 0 N–H and O–H groups in total. The Labute approximate surface area is 169 Å². The van der Waals surface area contributed by atoms with Crippen molar-refractivity contribution >= 4 is 11.9 Å². The number of nitrogens with zero attached hydrogens (tertiary/aromatic N) is 4. The smallest absolute Gasteiger partial charge is 0.319 e. The van der Waals surface area contributed by atoms with Crippen molar-refractivity contribution in [3.63, 3.8) is 0 Å². The van der Waals surface area contributed by atoms with Crippen molar-refractivity contribution in [1.29, 1.82) is 0 Å².